The minimum Gasteiger partial charge on any atom is -0.481 e. The largest absolute Gasteiger partial charge is 0.481 e. The predicted octanol–water partition coefficient (Wildman–Crippen LogP) is 3.15. The van der Waals surface area contributed by atoms with Crippen molar-refractivity contribution in [1.29, 1.82) is 0 Å². The van der Waals surface area contributed by atoms with Crippen molar-refractivity contribution in [3.63, 3.8) is 0 Å². The number of carboxylic acid groups (broad SMARTS) is 1. The number of carbonyl (C=O) groups excluding carboxylic acids is 1. The van der Waals surface area contributed by atoms with Crippen LogP contribution in [0.25, 0.3) is 0 Å². The predicted molar refractivity (Wildman–Crippen MR) is 86.1 cm³/mol. The molecule has 0 aliphatic carbocycles. The highest BCUT2D eigenvalue weighted by Gasteiger charge is 2.48. The quantitative estimate of drug-likeness (QED) is 0.800. The van der Waals surface area contributed by atoms with Gasteiger partial charge in [0.1, 0.15) is 0 Å². The second-order valence-electron chi connectivity index (χ2n) is 6.35. The molecule has 1 aliphatic rings. The molecule has 1 unspecified atom stereocenters. The van der Waals surface area contributed by atoms with E-state index in [1.165, 1.54) is 11.0 Å². The lowest BCUT2D eigenvalue weighted by Gasteiger charge is -2.28. The van der Waals surface area contributed by atoms with E-state index >= 15 is 0 Å². The summed E-state index contributed by atoms with van der Waals surface area (Å²) >= 11 is 1.03. The van der Waals surface area contributed by atoms with E-state index in [0.717, 1.165) is 24.0 Å². The van der Waals surface area contributed by atoms with Gasteiger partial charge in [-0.2, -0.15) is 13.2 Å². The molecule has 1 atom stereocenters. The van der Waals surface area contributed by atoms with Gasteiger partial charge in [-0.3, -0.25) is 9.59 Å². The van der Waals surface area contributed by atoms with Gasteiger partial charge in [0, 0.05) is 19.3 Å². The highest BCUT2D eigenvalue weighted by atomic mass is 32.2. The lowest BCUT2D eigenvalue weighted by atomic mass is 9.76. The fourth-order valence-corrected chi connectivity index (χ4v) is 3.54. The van der Waals surface area contributed by atoms with Crippen LogP contribution >= 0.6 is 11.8 Å². The Balaban J connectivity index is 1.94. The molecule has 9 heteroatoms. The van der Waals surface area contributed by atoms with E-state index in [1.54, 1.807) is 0 Å². The summed E-state index contributed by atoms with van der Waals surface area (Å²) < 4.78 is 37.5. The molecule has 1 aromatic rings. The molecule has 1 aliphatic heterocycles. The third kappa shape index (κ3) is 4.26. The smallest absolute Gasteiger partial charge is 0.417 e. The molecule has 1 amide bonds. The highest BCUT2D eigenvalue weighted by molar-refractivity contribution is 7.99. The zero-order valence-corrected chi connectivity index (χ0v) is 14.7. The molecule has 25 heavy (non-hydrogen) atoms. The molecule has 2 rings (SSSR count). The number of alkyl halides is 3. The Hall–Kier alpha value is -1.77. The lowest BCUT2D eigenvalue weighted by Crippen LogP contribution is -2.41. The maximum atomic E-state index is 12.5. The zero-order valence-electron chi connectivity index (χ0n) is 13.8. The van der Waals surface area contributed by atoms with Crippen LogP contribution in [0.15, 0.2) is 23.4 Å². The van der Waals surface area contributed by atoms with Gasteiger partial charge in [-0.1, -0.05) is 25.6 Å². The van der Waals surface area contributed by atoms with Crippen molar-refractivity contribution in [2.75, 3.05) is 18.8 Å². The number of rotatable bonds is 5. The number of nitrogens with zero attached hydrogens (tertiary/aromatic N) is 2. The molecule has 1 fully saturated rings. The van der Waals surface area contributed by atoms with Crippen molar-refractivity contribution in [3.8, 4) is 0 Å². The first-order chi connectivity index (χ1) is 11.6. The number of thioether (sulfide) groups is 1. The molecule has 1 aromatic heterocycles. The van der Waals surface area contributed by atoms with Crippen molar-refractivity contribution in [3.05, 3.63) is 23.9 Å². The average Bonchev–Trinajstić information content (AvgIpc) is 2.99. The van der Waals surface area contributed by atoms with Gasteiger partial charge in [0.15, 0.2) is 0 Å². The van der Waals surface area contributed by atoms with Gasteiger partial charge in [-0.15, -0.1) is 0 Å². The number of hydrogen-bond donors (Lipinski definition) is 1. The van der Waals surface area contributed by atoms with Gasteiger partial charge in [-0.05, 0) is 24.5 Å². The van der Waals surface area contributed by atoms with Crippen molar-refractivity contribution in [2.24, 2.45) is 11.3 Å². The number of aromatic nitrogens is 1. The molecular weight excluding hydrogens is 357 g/mol. The topological polar surface area (TPSA) is 70.5 Å². The first kappa shape index (κ1) is 19.6. The van der Waals surface area contributed by atoms with Gasteiger partial charge in [-0.25, -0.2) is 4.98 Å². The third-order valence-corrected chi connectivity index (χ3v) is 5.52. The molecule has 0 aromatic carbocycles. The molecule has 2 heterocycles. The molecule has 1 saturated heterocycles. The molecular formula is C16H19F3N2O3S. The van der Waals surface area contributed by atoms with Crippen LogP contribution < -0.4 is 0 Å². The Labute approximate surface area is 147 Å². The first-order valence-electron chi connectivity index (χ1n) is 7.73. The summed E-state index contributed by atoms with van der Waals surface area (Å²) in [4.78, 5) is 29.1. The average molecular weight is 376 g/mol. The first-order valence-corrected chi connectivity index (χ1v) is 8.72. The maximum Gasteiger partial charge on any atom is 0.417 e. The number of carbonyl (C=O) groups is 2. The Bertz CT molecular complexity index is 649. The Kier molecular flexibility index (Phi) is 5.65. The molecule has 5 nitrogen and oxygen atoms in total. The number of pyridine rings is 1. The van der Waals surface area contributed by atoms with Crippen molar-refractivity contribution < 1.29 is 27.9 Å². The van der Waals surface area contributed by atoms with Crippen LogP contribution in [0.3, 0.4) is 0 Å². The van der Waals surface area contributed by atoms with Gasteiger partial charge >= 0.3 is 12.1 Å². The summed E-state index contributed by atoms with van der Waals surface area (Å²) in [5, 5.41) is 9.80. The number of likely N-dealkylation sites (tertiary alicyclic amines) is 1. The Morgan fingerprint density at radius 2 is 2.08 bits per heavy atom. The van der Waals surface area contributed by atoms with Crippen LogP contribution in [0.5, 0.6) is 0 Å². The standard InChI is InChI=1S/C16H19F3N2O3S/c1-10(2)15(14(23)24)5-6-21(9-15)13(22)8-25-12-4-3-11(7-20-12)16(17,18)19/h3-4,7,10H,5-6,8-9H2,1-2H3,(H,23,24). The highest BCUT2D eigenvalue weighted by Crippen LogP contribution is 2.38. The molecule has 0 saturated carbocycles. The van der Waals surface area contributed by atoms with E-state index in [-0.39, 0.29) is 24.1 Å². The van der Waals surface area contributed by atoms with Gasteiger partial charge in [0.25, 0.3) is 0 Å². The van der Waals surface area contributed by atoms with Crippen LogP contribution in [-0.4, -0.2) is 45.7 Å². The Morgan fingerprint density at radius 1 is 1.40 bits per heavy atom. The molecule has 0 bridgehead atoms. The van der Waals surface area contributed by atoms with E-state index in [0.29, 0.717) is 18.0 Å². The van der Waals surface area contributed by atoms with E-state index < -0.39 is 23.1 Å². The van der Waals surface area contributed by atoms with Crippen LogP contribution in [-0.2, 0) is 15.8 Å². The summed E-state index contributed by atoms with van der Waals surface area (Å²) in [6, 6.07) is 2.14. The number of halogens is 3. The Morgan fingerprint density at radius 3 is 2.52 bits per heavy atom. The number of aliphatic carboxylic acids is 1. The van der Waals surface area contributed by atoms with Gasteiger partial charge in [0.2, 0.25) is 5.91 Å². The summed E-state index contributed by atoms with van der Waals surface area (Å²) in [5.41, 5.74) is -1.78. The van der Waals surface area contributed by atoms with Crippen molar-refractivity contribution in [2.45, 2.75) is 31.5 Å². The summed E-state index contributed by atoms with van der Waals surface area (Å²) in [6.07, 6.45) is -3.32. The number of hydrogen-bond acceptors (Lipinski definition) is 4. The molecule has 0 radical (unpaired) electrons. The van der Waals surface area contributed by atoms with E-state index in [2.05, 4.69) is 4.98 Å². The van der Waals surface area contributed by atoms with Crippen LogP contribution in [0.1, 0.15) is 25.8 Å². The zero-order chi connectivity index (χ0) is 18.8. The monoisotopic (exact) mass is 376 g/mol. The fourth-order valence-electron chi connectivity index (χ4n) is 2.80. The minimum atomic E-state index is -4.45. The lowest BCUT2D eigenvalue weighted by molar-refractivity contribution is -0.151. The molecule has 0 spiro atoms. The molecule has 1 N–H and O–H groups in total. The SMILES string of the molecule is CC(C)C1(C(=O)O)CCN(C(=O)CSc2ccc(C(F)(F)F)cn2)C1. The van der Waals surface area contributed by atoms with Crippen LogP contribution in [0.2, 0.25) is 0 Å². The van der Waals surface area contributed by atoms with Crippen LogP contribution in [0, 0.1) is 11.3 Å². The third-order valence-electron chi connectivity index (χ3n) is 4.59. The fraction of sp³-hybridized carbons (Fsp3) is 0.562. The van der Waals surface area contributed by atoms with E-state index in [1.807, 2.05) is 13.8 Å². The maximum absolute atomic E-state index is 12.5. The van der Waals surface area contributed by atoms with Crippen LogP contribution in [0.4, 0.5) is 13.2 Å². The van der Waals surface area contributed by atoms with E-state index in [4.69, 9.17) is 0 Å². The number of amides is 1. The van der Waals surface area contributed by atoms with E-state index in [9.17, 15) is 27.9 Å². The van der Waals surface area contributed by atoms with Gasteiger partial charge < -0.3 is 10.0 Å². The van der Waals surface area contributed by atoms with Crippen molar-refractivity contribution >= 4 is 23.6 Å². The summed E-state index contributed by atoms with van der Waals surface area (Å²) in [5.74, 6) is -1.25. The molecule has 138 valence electrons. The minimum absolute atomic E-state index is 0.00611. The normalized spacial score (nSPS) is 21.0. The summed E-state index contributed by atoms with van der Waals surface area (Å²) in [7, 11) is 0. The van der Waals surface area contributed by atoms with Crippen molar-refractivity contribution in [1.82, 2.24) is 9.88 Å². The second kappa shape index (κ2) is 7.23. The van der Waals surface area contributed by atoms with Gasteiger partial charge in [0.05, 0.1) is 21.8 Å². The number of carboxylic acids is 1. The second-order valence-corrected chi connectivity index (χ2v) is 7.35. The summed E-state index contributed by atoms with van der Waals surface area (Å²) in [6.45, 7) is 4.16.